The highest BCUT2D eigenvalue weighted by Gasteiger charge is 2.17. The molecule has 2 aromatic carbocycles. The lowest BCUT2D eigenvalue weighted by atomic mass is 10.1. The number of esters is 1. The van der Waals surface area contributed by atoms with Gasteiger partial charge in [-0.25, -0.2) is 4.79 Å². The Morgan fingerprint density at radius 1 is 1.07 bits per heavy atom. The van der Waals surface area contributed by atoms with E-state index in [-0.39, 0.29) is 5.75 Å². The van der Waals surface area contributed by atoms with Gasteiger partial charge in [-0.1, -0.05) is 29.8 Å². The summed E-state index contributed by atoms with van der Waals surface area (Å²) in [4.78, 5) is 24.1. The summed E-state index contributed by atoms with van der Waals surface area (Å²) < 4.78 is 33.5. The van der Waals surface area contributed by atoms with Crippen molar-refractivity contribution in [1.82, 2.24) is 0 Å². The van der Waals surface area contributed by atoms with Gasteiger partial charge in [0.15, 0.2) is 6.10 Å². The highest BCUT2D eigenvalue weighted by atomic mass is 19.3. The molecule has 0 saturated heterocycles. The lowest BCUT2D eigenvalue weighted by Gasteiger charge is -2.14. The van der Waals surface area contributed by atoms with Crippen LogP contribution in [0, 0.1) is 13.8 Å². The predicted octanol–water partition coefficient (Wildman–Crippen LogP) is 4.49. The molecule has 0 aromatic heterocycles. The van der Waals surface area contributed by atoms with E-state index < -0.39 is 24.6 Å². The molecular formula is C21H21F2NO4. The van der Waals surface area contributed by atoms with Crippen LogP contribution in [-0.4, -0.2) is 24.6 Å². The number of rotatable bonds is 7. The quantitative estimate of drug-likeness (QED) is 0.560. The minimum Gasteiger partial charge on any atom is -0.449 e. The molecule has 1 atom stereocenters. The topological polar surface area (TPSA) is 64.6 Å². The number of carbonyl (C=O) groups is 2. The number of carbonyl (C=O) groups excluding carboxylic acids is 2. The number of alkyl halides is 2. The Kier molecular flexibility index (Phi) is 7.26. The summed E-state index contributed by atoms with van der Waals surface area (Å²) in [6.45, 7) is 2.41. The van der Waals surface area contributed by atoms with Gasteiger partial charge < -0.3 is 14.8 Å². The molecule has 1 N–H and O–H groups in total. The third-order valence-electron chi connectivity index (χ3n) is 3.82. The van der Waals surface area contributed by atoms with Gasteiger partial charge in [0.25, 0.3) is 5.91 Å². The van der Waals surface area contributed by atoms with Crippen molar-refractivity contribution in [2.45, 2.75) is 33.5 Å². The maximum Gasteiger partial charge on any atom is 0.387 e. The number of aryl methyl sites for hydroxylation is 2. The Morgan fingerprint density at radius 3 is 2.36 bits per heavy atom. The van der Waals surface area contributed by atoms with E-state index in [0.29, 0.717) is 11.3 Å². The molecule has 7 heteroatoms. The van der Waals surface area contributed by atoms with Gasteiger partial charge in [0.05, 0.1) is 0 Å². The Bertz CT molecular complexity index is 863. The molecule has 0 spiro atoms. The number of halogens is 2. The van der Waals surface area contributed by atoms with Gasteiger partial charge in [-0.3, -0.25) is 4.79 Å². The zero-order valence-electron chi connectivity index (χ0n) is 15.7. The van der Waals surface area contributed by atoms with Gasteiger partial charge in [-0.15, -0.1) is 0 Å². The first-order valence-electron chi connectivity index (χ1n) is 8.56. The van der Waals surface area contributed by atoms with E-state index in [9.17, 15) is 18.4 Å². The first-order chi connectivity index (χ1) is 13.2. The first-order valence-corrected chi connectivity index (χ1v) is 8.56. The lowest BCUT2D eigenvalue weighted by molar-refractivity contribution is -0.148. The molecule has 28 heavy (non-hydrogen) atoms. The molecule has 2 aromatic rings. The van der Waals surface area contributed by atoms with Crippen molar-refractivity contribution < 1.29 is 27.8 Å². The van der Waals surface area contributed by atoms with E-state index in [0.717, 1.165) is 17.2 Å². The third-order valence-corrected chi connectivity index (χ3v) is 3.82. The van der Waals surface area contributed by atoms with Crippen molar-refractivity contribution in [2.75, 3.05) is 5.32 Å². The number of hydrogen-bond donors (Lipinski definition) is 1. The van der Waals surface area contributed by atoms with Gasteiger partial charge in [0.1, 0.15) is 5.75 Å². The van der Waals surface area contributed by atoms with Gasteiger partial charge in [0, 0.05) is 11.8 Å². The number of benzene rings is 2. The van der Waals surface area contributed by atoms with E-state index in [1.165, 1.54) is 37.3 Å². The van der Waals surface area contributed by atoms with E-state index in [1.54, 1.807) is 6.07 Å². The van der Waals surface area contributed by atoms with E-state index in [1.807, 2.05) is 26.0 Å². The Hall–Kier alpha value is -3.22. The molecular weight excluding hydrogens is 368 g/mol. The smallest absolute Gasteiger partial charge is 0.387 e. The second-order valence-corrected chi connectivity index (χ2v) is 6.17. The second kappa shape index (κ2) is 9.64. The second-order valence-electron chi connectivity index (χ2n) is 6.17. The van der Waals surface area contributed by atoms with Crippen LogP contribution in [0.5, 0.6) is 5.75 Å². The van der Waals surface area contributed by atoms with Gasteiger partial charge in [0.2, 0.25) is 0 Å². The van der Waals surface area contributed by atoms with Crippen molar-refractivity contribution in [1.29, 1.82) is 0 Å². The van der Waals surface area contributed by atoms with Crippen molar-refractivity contribution >= 4 is 23.6 Å². The highest BCUT2D eigenvalue weighted by Crippen LogP contribution is 2.17. The summed E-state index contributed by atoms with van der Waals surface area (Å²) in [6.07, 6.45) is 1.62. The van der Waals surface area contributed by atoms with Crippen molar-refractivity contribution in [3.63, 3.8) is 0 Å². The van der Waals surface area contributed by atoms with Crippen LogP contribution in [0.1, 0.15) is 23.6 Å². The Morgan fingerprint density at radius 2 is 1.75 bits per heavy atom. The average Bonchev–Trinajstić information content (AvgIpc) is 2.63. The molecule has 2 rings (SSSR count). The molecule has 0 radical (unpaired) electrons. The summed E-state index contributed by atoms with van der Waals surface area (Å²) >= 11 is 0. The number of hydrogen-bond acceptors (Lipinski definition) is 4. The van der Waals surface area contributed by atoms with E-state index >= 15 is 0 Å². The first kappa shape index (κ1) is 21.1. The minimum absolute atomic E-state index is 0.0198. The van der Waals surface area contributed by atoms with Crippen molar-refractivity contribution in [2.24, 2.45) is 0 Å². The SMILES string of the molecule is Cc1ccc(NC(=O)[C@@H](C)OC(=O)/C=C/c2ccc(OC(F)F)cc2)c(C)c1. The van der Waals surface area contributed by atoms with Crippen LogP contribution < -0.4 is 10.1 Å². The van der Waals surface area contributed by atoms with Gasteiger partial charge in [-0.2, -0.15) is 8.78 Å². The zero-order valence-corrected chi connectivity index (χ0v) is 15.7. The molecule has 0 aliphatic heterocycles. The highest BCUT2D eigenvalue weighted by molar-refractivity contribution is 5.97. The summed E-state index contributed by atoms with van der Waals surface area (Å²) in [5, 5.41) is 2.72. The average molecular weight is 389 g/mol. The normalized spacial score (nSPS) is 12.1. The van der Waals surface area contributed by atoms with Crippen LogP contribution in [0.4, 0.5) is 14.5 Å². The monoisotopic (exact) mass is 389 g/mol. The maximum absolute atomic E-state index is 12.2. The molecule has 1 amide bonds. The Labute approximate surface area is 162 Å². The molecule has 0 bridgehead atoms. The van der Waals surface area contributed by atoms with Crippen molar-refractivity contribution in [3.8, 4) is 5.75 Å². The molecule has 0 unspecified atom stereocenters. The predicted molar refractivity (Wildman–Crippen MR) is 102 cm³/mol. The third kappa shape index (κ3) is 6.50. The fourth-order valence-corrected chi connectivity index (χ4v) is 2.38. The van der Waals surface area contributed by atoms with Crippen LogP contribution in [0.25, 0.3) is 6.08 Å². The van der Waals surface area contributed by atoms with Crippen LogP contribution in [0.3, 0.4) is 0 Å². The van der Waals surface area contributed by atoms with Crippen LogP contribution >= 0.6 is 0 Å². The minimum atomic E-state index is -2.90. The van der Waals surface area contributed by atoms with Crippen LogP contribution in [-0.2, 0) is 14.3 Å². The zero-order chi connectivity index (χ0) is 20.7. The number of anilines is 1. The summed E-state index contributed by atoms with van der Waals surface area (Å²) in [5.74, 6) is -1.12. The molecule has 5 nitrogen and oxygen atoms in total. The standard InChI is InChI=1S/C21H21F2NO4/c1-13-4-10-18(14(2)12-13)24-20(26)15(3)27-19(25)11-7-16-5-8-17(9-6-16)28-21(22)23/h4-12,15,21H,1-3H3,(H,24,26)/b11-7+/t15-/m1/s1. The van der Waals surface area contributed by atoms with Gasteiger partial charge in [-0.05, 0) is 56.2 Å². The molecule has 0 aliphatic carbocycles. The van der Waals surface area contributed by atoms with Gasteiger partial charge >= 0.3 is 12.6 Å². The molecule has 0 heterocycles. The molecule has 148 valence electrons. The molecule has 0 saturated carbocycles. The largest absolute Gasteiger partial charge is 0.449 e. The molecule has 0 fully saturated rings. The van der Waals surface area contributed by atoms with Crippen LogP contribution in [0.2, 0.25) is 0 Å². The van der Waals surface area contributed by atoms with E-state index in [2.05, 4.69) is 10.1 Å². The number of nitrogens with one attached hydrogen (secondary N) is 1. The summed E-state index contributed by atoms with van der Waals surface area (Å²) in [7, 11) is 0. The summed E-state index contributed by atoms with van der Waals surface area (Å²) in [6, 6.07) is 11.3. The lowest BCUT2D eigenvalue weighted by Crippen LogP contribution is -2.29. The fraction of sp³-hybridized carbons (Fsp3) is 0.238. The number of ether oxygens (including phenoxy) is 2. The van der Waals surface area contributed by atoms with Crippen LogP contribution in [0.15, 0.2) is 48.5 Å². The summed E-state index contributed by atoms with van der Waals surface area (Å²) in [5.41, 5.74) is 3.23. The van der Waals surface area contributed by atoms with E-state index in [4.69, 9.17) is 4.74 Å². The Balaban J connectivity index is 1.88. The molecule has 0 aliphatic rings. The maximum atomic E-state index is 12.2. The van der Waals surface area contributed by atoms with Crippen molar-refractivity contribution in [3.05, 3.63) is 65.2 Å². The number of amides is 1. The fourth-order valence-electron chi connectivity index (χ4n) is 2.38.